The van der Waals surface area contributed by atoms with Crippen molar-refractivity contribution < 1.29 is 40.2 Å². The number of nitrogens with zero attached hydrogens (tertiary/aromatic N) is 2. The van der Waals surface area contributed by atoms with Gasteiger partial charge < -0.3 is 9.97 Å². The van der Waals surface area contributed by atoms with Crippen molar-refractivity contribution in [2.24, 2.45) is 0 Å². The second-order valence-corrected chi connectivity index (χ2v) is 15.8. The molecule has 0 bridgehead atoms. The molecule has 0 saturated heterocycles. The molecule has 2 nitrogen and oxygen atoms in total. The predicted octanol–water partition coefficient (Wildman–Crippen LogP) is 15.7. The summed E-state index contributed by atoms with van der Waals surface area (Å²) in [4.78, 5) is 10.1. The molecule has 0 aliphatic rings. The van der Waals surface area contributed by atoms with E-state index in [1.165, 1.54) is 44.5 Å². The van der Waals surface area contributed by atoms with Gasteiger partial charge in [0.15, 0.2) is 0 Å². The van der Waals surface area contributed by atoms with Gasteiger partial charge in [0.1, 0.15) is 0 Å². The molecular formula is C60H42Ir2N2-2. The Labute approximate surface area is 403 Å². The smallest absolute Gasteiger partial charge is 0.0239 e. The van der Waals surface area contributed by atoms with E-state index >= 15 is 0 Å². The largest absolute Gasteiger partial charge is 0.304 e. The molecule has 2 radical (unpaired) electrons. The molecule has 0 fully saturated rings. The molecule has 0 aliphatic carbocycles. The van der Waals surface area contributed by atoms with Crippen LogP contribution in [0.15, 0.2) is 219 Å². The van der Waals surface area contributed by atoms with Crippen LogP contribution in [-0.4, -0.2) is 9.97 Å². The average Bonchev–Trinajstić information content (AvgIpc) is 3.34. The van der Waals surface area contributed by atoms with Gasteiger partial charge in [-0.15, -0.1) is 70.8 Å². The Morgan fingerprint density at radius 3 is 1.11 bits per heavy atom. The van der Waals surface area contributed by atoms with Crippen molar-refractivity contribution in [3.8, 4) is 100 Å². The van der Waals surface area contributed by atoms with Gasteiger partial charge in [-0.25, -0.2) is 0 Å². The van der Waals surface area contributed by atoms with Gasteiger partial charge >= 0.3 is 0 Å². The maximum Gasteiger partial charge on any atom is 0.0239 e. The Morgan fingerprint density at radius 1 is 0.312 bits per heavy atom. The first-order chi connectivity index (χ1) is 30.6. The average molecular weight is 1180 g/mol. The molecule has 312 valence electrons. The van der Waals surface area contributed by atoms with Gasteiger partial charge in [-0.1, -0.05) is 181 Å². The van der Waals surface area contributed by atoms with E-state index in [9.17, 15) is 0 Å². The van der Waals surface area contributed by atoms with Gasteiger partial charge in [-0.2, -0.15) is 0 Å². The van der Waals surface area contributed by atoms with Gasteiger partial charge in [0, 0.05) is 52.6 Å². The van der Waals surface area contributed by atoms with Crippen molar-refractivity contribution in [1.29, 1.82) is 0 Å². The van der Waals surface area contributed by atoms with E-state index in [-0.39, 0.29) is 40.2 Å². The summed E-state index contributed by atoms with van der Waals surface area (Å²) in [5, 5.41) is 0. The predicted molar refractivity (Wildman–Crippen MR) is 258 cm³/mol. The molecule has 0 N–H and O–H groups in total. The first-order valence-electron chi connectivity index (χ1n) is 21.0. The standard InChI is InChI=1S/C60H42N2.2Ir/c1-41-34-42(2)36-51(35-41)60-56(49-30-32-58(61-39-49)47-22-13-20-45(37-47)54-26-11-9-24-52(54)43-16-5-3-6-17-43)28-15-29-57(60)50-31-33-59(62-40-50)48-23-14-21-46(38-48)55-27-12-10-25-53(55)44-18-7-4-8-19-44;;/h3-21,24-40H,1-2H3;;/q-2;;. The van der Waals surface area contributed by atoms with Crippen molar-refractivity contribution in [1.82, 2.24) is 9.97 Å². The van der Waals surface area contributed by atoms with E-state index in [2.05, 4.69) is 220 Å². The quantitative estimate of drug-likeness (QED) is 0.135. The van der Waals surface area contributed by atoms with Crippen LogP contribution in [0.25, 0.3) is 100 Å². The molecule has 10 aromatic rings. The monoisotopic (exact) mass is 1180 g/mol. The van der Waals surface area contributed by atoms with E-state index in [0.29, 0.717) is 0 Å². The molecule has 2 heterocycles. The van der Waals surface area contributed by atoms with Crippen LogP contribution in [0.2, 0.25) is 0 Å². The molecule has 2 aromatic heterocycles. The fraction of sp³-hybridized carbons (Fsp3) is 0.0333. The van der Waals surface area contributed by atoms with Gasteiger partial charge in [0.2, 0.25) is 0 Å². The molecule has 10 rings (SSSR count). The zero-order chi connectivity index (χ0) is 41.8. The summed E-state index contributed by atoms with van der Waals surface area (Å²) in [6.45, 7) is 4.33. The Bertz CT molecular complexity index is 2970. The fourth-order valence-corrected chi connectivity index (χ4v) is 8.66. The van der Waals surface area contributed by atoms with Crippen LogP contribution < -0.4 is 0 Å². The molecular weight excluding hydrogens is 1130 g/mol. The van der Waals surface area contributed by atoms with Crippen molar-refractivity contribution in [3.05, 3.63) is 242 Å². The summed E-state index contributed by atoms with van der Waals surface area (Å²) in [5.41, 5.74) is 22.1. The van der Waals surface area contributed by atoms with E-state index in [1.54, 1.807) is 0 Å². The van der Waals surface area contributed by atoms with Gasteiger partial charge in [0.05, 0.1) is 0 Å². The van der Waals surface area contributed by atoms with Crippen LogP contribution in [0.3, 0.4) is 0 Å². The van der Waals surface area contributed by atoms with E-state index in [0.717, 1.165) is 67.0 Å². The molecule has 64 heavy (non-hydrogen) atoms. The third-order valence-corrected chi connectivity index (χ3v) is 11.5. The Balaban J connectivity index is 0.00000280. The molecule has 0 saturated carbocycles. The number of aromatic nitrogens is 2. The molecule has 0 amide bonds. The Hall–Kier alpha value is -6.64. The number of benzene rings is 8. The topological polar surface area (TPSA) is 25.8 Å². The van der Waals surface area contributed by atoms with E-state index in [1.807, 2.05) is 24.5 Å². The summed E-state index contributed by atoms with van der Waals surface area (Å²) < 4.78 is 0. The molecule has 0 spiro atoms. The van der Waals surface area contributed by atoms with E-state index in [4.69, 9.17) is 9.97 Å². The number of rotatable bonds is 9. The molecule has 0 unspecified atom stereocenters. The molecule has 0 aliphatic heterocycles. The third kappa shape index (κ3) is 9.20. The summed E-state index contributed by atoms with van der Waals surface area (Å²) in [7, 11) is 0. The summed E-state index contributed by atoms with van der Waals surface area (Å²) in [6, 6.07) is 79.7. The first-order valence-corrected chi connectivity index (χ1v) is 21.0. The maximum absolute atomic E-state index is 5.06. The van der Waals surface area contributed by atoms with E-state index < -0.39 is 0 Å². The minimum absolute atomic E-state index is 0. The van der Waals surface area contributed by atoms with Crippen molar-refractivity contribution in [2.75, 3.05) is 0 Å². The van der Waals surface area contributed by atoms with Crippen LogP contribution >= 0.6 is 0 Å². The van der Waals surface area contributed by atoms with Crippen molar-refractivity contribution in [3.63, 3.8) is 0 Å². The number of aryl methyl sites for hydroxylation is 2. The van der Waals surface area contributed by atoms with Crippen LogP contribution in [0, 0.1) is 26.0 Å². The first kappa shape index (κ1) is 44.0. The minimum atomic E-state index is 0. The second kappa shape index (κ2) is 19.8. The maximum atomic E-state index is 5.06. The fourth-order valence-electron chi connectivity index (χ4n) is 8.66. The number of hydrogen-bond acceptors (Lipinski definition) is 2. The van der Waals surface area contributed by atoms with Crippen LogP contribution in [0.4, 0.5) is 0 Å². The van der Waals surface area contributed by atoms with Gasteiger partial charge in [-0.3, -0.25) is 0 Å². The minimum Gasteiger partial charge on any atom is -0.304 e. The molecule has 4 heteroatoms. The van der Waals surface area contributed by atoms with Gasteiger partial charge in [0.25, 0.3) is 0 Å². The Kier molecular flexibility index (Phi) is 13.6. The number of hydrogen-bond donors (Lipinski definition) is 0. The summed E-state index contributed by atoms with van der Waals surface area (Å²) >= 11 is 0. The normalized spacial score (nSPS) is 10.7. The molecule has 0 atom stereocenters. The second-order valence-electron chi connectivity index (χ2n) is 15.8. The zero-order valence-corrected chi connectivity index (χ0v) is 40.1. The number of pyridine rings is 2. The third-order valence-electron chi connectivity index (χ3n) is 11.5. The van der Waals surface area contributed by atoms with Gasteiger partial charge in [-0.05, 0) is 92.0 Å². The van der Waals surface area contributed by atoms with Crippen molar-refractivity contribution in [2.45, 2.75) is 13.8 Å². The zero-order valence-electron chi connectivity index (χ0n) is 35.3. The van der Waals surface area contributed by atoms with Crippen molar-refractivity contribution >= 4 is 0 Å². The SMILES string of the molecule is Cc1cc(C)cc(-c2c(-c3ccc(-c4[c-]ccc(-c5ccccc5-c5ccccc5)c4)nc3)cccc2-c2ccc(-c3[c-]ccc(-c4ccccc4-c4ccccc4)c3)nc2)c1.[Ir].[Ir]. The summed E-state index contributed by atoms with van der Waals surface area (Å²) in [6.07, 6.45) is 4.00. The summed E-state index contributed by atoms with van der Waals surface area (Å²) in [5.74, 6) is 0. The Morgan fingerprint density at radius 2 is 0.703 bits per heavy atom. The van der Waals surface area contributed by atoms with Crippen LogP contribution in [0.5, 0.6) is 0 Å². The van der Waals surface area contributed by atoms with Crippen LogP contribution in [0.1, 0.15) is 11.1 Å². The molecule has 8 aromatic carbocycles. The van der Waals surface area contributed by atoms with Crippen LogP contribution in [-0.2, 0) is 40.2 Å².